The third-order valence-corrected chi connectivity index (χ3v) is 4.39. The third-order valence-electron chi connectivity index (χ3n) is 3.77. The van der Waals surface area contributed by atoms with Gasteiger partial charge >= 0.3 is 11.9 Å². The van der Waals surface area contributed by atoms with Crippen LogP contribution in [0.3, 0.4) is 0 Å². The van der Waals surface area contributed by atoms with Gasteiger partial charge in [-0.15, -0.1) is 0 Å². The number of benzene rings is 1. The Kier molecular flexibility index (Phi) is 10.1. The van der Waals surface area contributed by atoms with Gasteiger partial charge < -0.3 is 20.8 Å². The van der Waals surface area contributed by atoms with Gasteiger partial charge in [-0.1, -0.05) is 31.7 Å². The van der Waals surface area contributed by atoms with Crippen LogP contribution in [0, 0.1) is 0 Å². The summed E-state index contributed by atoms with van der Waals surface area (Å²) in [6, 6.07) is 1.94. The lowest BCUT2D eigenvalue weighted by molar-refractivity contribution is -0.216. The van der Waals surface area contributed by atoms with Gasteiger partial charge in [-0.3, -0.25) is 19.3 Å². The highest BCUT2D eigenvalue weighted by Gasteiger charge is 2.26. The fourth-order valence-electron chi connectivity index (χ4n) is 2.44. The molecule has 0 saturated heterocycles. The fraction of sp³-hybridized carbons (Fsp3) is 0.474. The highest BCUT2D eigenvalue weighted by Crippen LogP contribution is 2.28. The number of phenolic OH excluding ortho intramolecular Hbond substituents is 1. The first-order valence-electron chi connectivity index (χ1n) is 9.06. The molecule has 0 radical (unpaired) electrons. The first kappa shape index (κ1) is 25.2. The molecule has 0 aromatic heterocycles. The summed E-state index contributed by atoms with van der Waals surface area (Å²) < 4.78 is 0. The van der Waals surface area contributed by atoms with E-state index in [1.54, 1.807) is 0 Å². The number of carbonyl (C=O) groups excluding carboxylic acids is 3. The molecule has 11 heteroatoms. The van der Waals surface area contributed by atoms with Gasteiger partial charge in [0.1, 0.15) is 12.1 Å². The Morgan fingerprint density at radius 3 is 2.37 bits per heavy atom. The highest BCUT2D eigenvalue weighted by atomic mass is 32.2. The number of hydrogen-bond acceptors (Lipinski definition) is 9. The standard InChI is InChI=1S/C19H26N2O8S/c1-10(2)20-13(18(25)26)7-12-5-6-15(23)16(8-12)28-29-19(27)14(21-11(3)22)9-17(24)30-4/h5-6,8,10,13-14,20,23H,7,9H2,1-4H3,(H,21,22)(H,25,26). The number of hydrogen-bond donors (Lipinski definition) is 4. The first-order chi connectivity index (χ1) is 14.0. The molecule has 0 aliphatic carbocycles. The smallest absolute Gasteiger partial charge is 0.377 e. The number of carboxylic acid groups (broad SMARTS) is 1. The van der Waals surface area contributed by atoms with Gasteiger partial charge in [0, 0.05) is 19.4 Å². The molecule has 4 N–H and O–H groups in total. The number of nitrogens with one attached hydrogen (secondary N) is 2. The van der Waals surface area contributed by atoms with E-state index in [1.165, 1.54) is 31.4 Å². The Balaban J connectivity index is 2.87. The van der Waals surface area contributed by atoms with Crippen molar-refractivity contribution in [1.82, 2.24) is 10.6 Å². The van der Waals surface area contributed by atoms with E-state index in [1.807, 2.05) is 13.8 Å². The topological polar surface area (TPSA) is 151 Å². The van der Waals surface area contributed by atoms with Crippen molar-refractivity contribution in [1.29, 1.82) is 0 Å². The second-order valence-corrected chi connectivity index (χ2v) is 7.60. The molecule has 10 nitrogen and oxygen atoms in total. The van der Waals surface area contributed by atoms with Gasteiger partial charge in [-0.05, 0) is 30.4 Å². The summed E-state index contributed by atoms with van der Waals surface area (Å²) in [6.45, 7) is 4.81. The van der Waals surface area contributed by atoms with E-state index in [-0.39, 0.29) is 35.5 Å². The summed E-state index contributed by atoms with van der Waals surface area (Å²) in [5.74, 6) is -3.16. The van der Waals surface area contributed by atoms with Gasteiger partial charge in [0.05, 0.1) is 0 Å². The van der Waals surface area contributed by atoms with Gasteiger partial charge in [0.25, 0.3) is 0 Å². The lowest BCUT2D eigenvalue weighted by atomic mass is 10.0. The summed E-state index contributed by atoms with van der Waals surface area (Å²) in [6.07, 6.45) is 1.34. The molecule has 1 aromatic rings. The summed E-state index contributed by atoms with van der Waals surface area (Å²) in [7, 11) is 0. The summed E-state index contributed by atoms with van der Waals surface area (Å²) in [4.78, 5) is 56.0. The molecule has 1 rings (SSSR count). The minimum absolute atomic E-state index is 0.0606. The molecule has 0 saturated carbocycles. The molecule has 0 heterocycles. The molecule has 0 fully saturated rings. The van der Waals surface area contributed by atoms with Crippen molar-refractivity contribution >= 4 is 34.7 Å². The molecule has 2 atom stereocenters. The van der Waals surface area contributed by atoms with E-state index >= 15 is 0 Å². The fourth-order valence-corrected chi connectivity index (χ4v) is 2.77. The highest BCUT2D eigenvalue weighted by molar-refractivity contribution is 8.13. The molecule has 0 bridgehead atoms. The van der Waals surface area contributed by atoms with Crippen molar-refractivity contribution in [2.45, 2.75) is 51.7 Å². The predicted octanol–water partition coefficient (Wildman–Crippen LogP) is 1.01. The van der Waals surface area contributed by atoms with E-state index in [0.717, 1.165) is 11.8 Å². The number of rotatable bonds is 11. The quantitative estimate of drug-likeness (QED) is 0.289. The van der Waals surface area contributed by atoms with Crippen molar-refractivity contribution in [2.75, 3.05) is 6.26 Å². The zero-order valence-corrected chi connectivity index (χ0v) is 17.9. The molecule has 166 valence electrons. The van der Waals surface area contributed by atoms with E-state index in [9.17, 15) is 29.4 Å². The number of phenols is 1. The number of aromatic hydroxyl groups is 1. The molecule has 1 amide bonds. The van der Waals surface area contributed by atoms with E-state index in [2.05, 4.69) is 15.5 Å². The van der Waals surface area contributed by atoms with E-state index in [0.29, 0.717) is 5.56 Å². The SMILES string of the molecule is CSC(=O)CC(NC(C)=O)C(=O)OOc1cc(CC(NC(C)C)C(=O)O)ccc1O. The number of aliphatic carboxylic acids is 1. The normalized spacial score (nSPS) is 12.7. The average Bonchev–Trinajstić information content (AvgIpc) is 2.65. The monoisotopic (exact) mass is 442 g/mol. The minimum atomic E-state index is -1.25. The maximum atomic E-state index is 12.2. The zero-order chi connectivity index (χ0) is 22.8. The molecule has 30 heavy (non-hydrogen) atoms. The first-order valence-corrected chi connectivity index (χ1v) is 10.3. The Labute approximate surface area is 178 Å². The number of thioether (sulfide) groups is 1. The summed E-state index contributed by atoms with van der Waals surface area (Å²) >= 11 is 0.896. The maximum absolute atomic E-state index is 12.2. The largest absolute Gasteiger partial charge is 0.504 e. The van der Waals surface area contributed by atoms with Gasteiger partial charge in [-0.2, -0.15) is 0 Å². The van der Waals surface area contributed by atoms with Crippen LogP contribution in [0.25, 0.3) is 0 Å². The lowest BCUT2D eigenvalue weighted by Gasteiger charge is -2.18. The summed E-state index contributed by atoms with van der Waals surface area (Å²) in [5, 5.41) is 24.1. The van der Waals surface area contributed by atoms with Gasteiger partial charge in [0.2, 0.25) is 11.7 Å². The van der Waals surface area contributed by atoms with Crippen LogP contribution in [0.15, 0.2) is 18.2 Å². The molecule has 1 aromatic carbocycles. The minimum Gasteiger partial charge on any atom is -0.504 e. The number of amides is 1. The van der Waals surface area contributed by atoms with Crippen LogP contribution >= 0.6 is 11.8 Å². The van der Waals surface area contributed by atoms with Crippen LogP contribution in [0.2, 0.25) is 0 Å². The molecular weight excluding hydrogens is 416 g/mol. The number of carbonyl (C=O) groups is 4. The van der Waals surface area contributed by atoms with Crippen molar-refractivity contribution in [3.63, 3.8) is 0 Å². The summed E-state index contributed by atoms with van der Waals surface area (Å²) in [5.41, 5.74) is 0.510. The van der Waals surface area contributed by atoms with Crippen LogP contribution in [-0.2, 0) is 30.5 Å². The van der Waals surface area contributed by atoms with E-state index in [4.69, 9.17) is 4.89 Å². The Bertz CT molecular complexity index is 784. The van der Waals surface area contributed by atoms with Crippen molar-refractivity contribution in [3.8, 4) is 11.5 Å². The van der Waals surface area contributed by atoms with Crippen LogP contribution in [0.4, 0.5) is 0 Å². The Morgan fingerprint density at radius 1 is 1.17 bits per heavy atom. The Morgan fingerprint density at radius 2 is 1.83 bits per heavy atom. The van der Waals surface area contributed by atoms with Crippen LogP contribution in [0.1, 0.15) is 32.8 Å². The molecule has 2 unspecified atom stereocenters. The van der Waals surface area contributed by atoms with Crippen molar-refractivity contribution in [2.24, 2.45) is 0 Å². The second kappa shape index (κ2) is 12.0. The van der Waals surface area contributed by atoms with Crippen molar-refractivity contribution < 1.29 is 39.2 Å². The molecule has 0 aliphatic rings. The average molecular weight is 442 g/mol. The molecule has 0 spiro atoms. The van der Waals surface area contributed by atoms with Crippen LogP contribution in [-0.4, -0.2) is 57.6 Å². The van der Waals surface area contributed by atoms with E-state index < -0.39 is 29.9 Å². The predicted molar refractivity (Wildman–Crippen MR) is 109 cm³/mol. The van der Waals surface area contributed by atoms with Gasteiger partial charge in [0.15, 0.2) is 10.9 Å². The Hall–Kier alpha value is -2.79. The van der Waals surface area contributed by atoms with Crippen LogP contribution < -0.4 is 15.5 Å². The number of carboxylic acids is 1. The van der Waals surface area contributed by atoms with Crippen LogP contribution in [0.5, 0.6) is 11.5 Å². The van der Waals surface area contributed by atoms with Gasteiger partial charge in [-0.25, -0.2) is 9.68 Å². The molecular formula is C19H26N2O8S. The molecule has 0 aliphatic heterocycles. The maximum Gasteiger partial charge on any atom is 0.377 e. The second-order valence-electron chi connectivity index (χ2n) is 6.74. The van der Waals surface area contributed by atoms with Crippen molar-refractivity contribution in [3.05, 3.63) is 23.8 Å². The lowest BCUT2D eigenvalue weighted by Crippen LogP contribution is -2.42. The third kappa shape index (κ3) is 8.70. The zero-order valence-electron chi connectivity index (χ0n) is 17.1.